The monoisotopic (exact) mass is 208 g/mol. The number of piperazine rings is 1. The van der Waals surface area contributed by atoms with Gasteiger partial charge in [-0.05, 0) is 6.42 Å². The Balaban J connectivity index is 2.47. The van der Waals surface area contributed by atoms with E-state index in [1.807, 2.05) is 12.2 Å². The average Bonchev–Trinajstić information content (AvgIpc) is 2.23. The molecule has 1 atom stereocenters. The molecule has 1 fully saturated rings. The molecule has 0 radical (unpaired) electrons. The van der Waals surface area contributed by atoms with Crippen molar-refractivity contribution in [2.45, 2.75) is 25.8 Å². The summed E-state index contributed by atoms with van der Waals surface area (Å²) in [5, 5.41) is 0. The van der Waals surface area contributed by atoms with Gasteiger partial charge in [-0.3, -0.25) is 9.80 Å². The molecule has 15 heavy (non-hydrogen) atoms. The third kappa shape index (κ3) is 3.80. The zero-order valence-corrected chi connectivity index (χ0v) is 9.99. The molecule has 0 bridgehead atoms. The van der Waals surface area contributed by atoms with Gasteiger partial charge in [-0.2, -0.15) is 0 Å². The lowest BCUT2D eigenvalue weighted by Crippen LogP contribution is -2.52. The first kappa shape index (κ1) is 12.5. The van der Waals surface area contributed by atoms with Gasteiger partial charge in [0.05, 0.1) is 0 Å². The van der Waals surface area contributed by atoms with E-state index >= 15 is 0 Å². The first-order valence-corrected chi connectivity index (χ1v) is 6.00. The molecule has 1 rings (SSSR count). The van der Waals surface area contributed by atoms with Gasteiger partial charge in [0.2, 0.25) is 0 Å². The van der Waals surface area contributed by atoms with E-state index in [4.69, 9.17) is 0 Å². The molecule has 1 heterocycles. The highest BCUT2D eigenvalue weighted by molar-refractivity contribution is 4.88. The van der Waals surface area contributed by atoms with Gasteiger partial charge in [-0.25, -0.2) is 0 Å². The lowest BCUT2D eigenvalue weighted by atomic mass is 10.1. The summed E-state index contributed by atoms with van der Waals surface area (Å²) in [7, 11) is 0. The van der Waals surface area contributed by atoms with Gasteiger partial charge in [0.15, 0.2) is 0 Å². The molecule has 0 aromatic rings. The van der Waals surface area contributed by atoms with E-state index in [1.165, 1.54) is 32.5 Å². The van der Waals surface area contributed by atoms with Crippen LogP contribution in [-0.2, 0) is 0 Å². The van der Waals surface area contributed by atoms with Crippen LogP contribution in [0.1, 0.15) is 19.8 Å². The highest BCUT2D eigenvalue weighted by Crippen LogP contribution is 2.14. The molecule has 1 aliphatic heterocycles. The van der Waals surface area contributed by atoms with Crippen LogP contribution >= 0.6 is 0 Å². The van der Waals surface area contributed by atoms with Crippen LogP contribution in [0.25, 0.3) is 0 Å². The summed E-state index contributed by atoms with van der Waals surface area (Å²) in [6.07, 6.45) is 6.58. The van der Waals surface area contributed by atoms with Gasteiger partial charge in [0, 0.05) is 38.8 Å². The maximum Gasteiger partial charge on any atom is 0.0227 e. The molecule has 0 amide bonds. The zero-order chi connectivity index (χ0) is 11.1. The van der Waals surface area contributed by atoms with E-state index in [1.54, 1.807) is 0 Å². The summed E-state index contributed by atoms with van der Waals surface area (Å²) in [4.78, 5) is 5.04. The number of hydrogen-bond acceptors (Lipinski definition) is 2. The fourth-order valence-electron chi connectivity index (χ4n) is 2.32. The van der Waals surface area contributed by atoms with Gasteiger partial charge in [-0.15, -0.1) is 13.2 Å². The lowest BCUT2D eigenvalue weighted by Gasteiger charge is -2.40. The minimum atomic E-state index is 0.710. The van der Waals surface area contributed by atoms with E-state index < -0.39 is 0 Å². The van der Waals surface area contributed by atoms with Gasteiger partial charge >= 0.3 is 0 Å². The first-order chi connectivity index (χ1) is 7.31. The lowest BCUT2D eigenvalue weighted by molar-refractivity contribution is 0.0860. The Morgan fingerprint density at radius 3 is 2.53 bits per heavy atom. The van der Waals surface area contributed by atoms with Crippen LogP contribution in [0.5, 0.6) is 0 Å². The molecule has 2 heteroatoms. The van der Waals surface area contributed by atoms with Gasteiger partial charge in [0.25, 0.3) is 0 Å². The molecule has 0 aromatic heterocycles. The molecule has 0 aliphatic carbocycles. The SMILES string of the molecule is C=CCN1CCN(CC=C)C(CCC)C1. The second kappa shape index (κ2) is 6.81. The van der Waals surface area contributed by atoms with Gasteiger partial charge in [-0.1, -0.05) is 25.5 Å². The third-order valence-electron chi connectivity index (χ3n) is 3.06. The normalized spacial score (nSPS) is 23.9. The first-order valence-electron chi connectivity index (χ1n) is 6.00. The number of rotatable bonds is 6. The summed E-state index contributed by atoms with van der Waals surface area (Å²) in [5.74, 6) is 0. The maximum atomic E-state index is 3.83. The van der Waals surface area contributed by atoms with Gasteiger partial charge < -0.3 is 0 Å². The average molecular weight is 208 g/mol. The van der Waals surface area contributed by atoms with Crippen molar-refractivity contribution in [1.82, 2.24) is 9.80 Å². The highest BCUT2D eigenvalue weighted by atomic mass is 15.3. The Bertz CT molecular complexity index is 201. The van der Waals surface area contributed by atoms with E-state index in [0.29, 0.717) is 6.04 Å². The summed E-state index contributed by atoms with van der Waals surface area (Å²) in [6, 6.07) is 0.710. The molecular formula is C13H24N2. The van der Waals surface area contributed by atoms with Crippen LogP contribution in [0.4, 0.5) is 0 Å². The minimum Gasteiger partial charge on any atom is -0.297 e. The Kier molecular flexibility index (Phi) is 5.66. The zero-order valence-electron chi connectivity index (χ0n) is 9.99. The van der Waals surface area contributed by atoms with Crippen molar-refractivity contribution < 1.29 is 0 Å². The molecule has 2 nitrogen and oxygen atoms in total. The maximum absolute atomic E-state index is 3.83. The second-order valence-corrected chi connectivity index (χ2v) is 4.27. The standard InChI is InChI=1S/C13H24N2/c1-4-7-13-12-14(8-5-2)10-11-15(13)9-6-3/h5-6,13H,2-4,7-12H2,1H3. The Labute approximate surface area is 94.3 Å². The van der Waals surface area contributed by atoms with Crippen LogP contribution in [-0.4, -0.2) is 48.6 Å². The predicted molar refractivity (Wildman–Crippen MR) is 67.1 cm³/mol. The minimum absolute atomic E-state index is 0.710. The second-order valence-electron chi connectivity index (χ2n) is 4.27. The number of hydrogen-bond donors (Lipinski definition) is 0. The van der Waals surface area contributed by atoms with Crippen LogP contribution in [0.15, 0.2) is 25.3 Å². The number of nitrogens with zero attached hydrogens (tertiary/aromatic N) is 2. The topological polar surface area (TPSA) is 6.48 Å². The Hall–Kier alpha value is -0.600. The quantitative estimate of drug-likeness (QED) is 0.617. The van der Waals surface area contributed by atoms with Crippen molar-refractivity contribution >= 4 is 0 Å². The smallest absolute Gasteiger partial charge is 0.0227 e. The van der Waals surface area contributed by atoms with Crippen molar-refractivity contribution in [1.29, 1.82) is 0 Å². The highest BCUT2D eigenvalue weighted by Gasteiger charge is 2.24. The largest absolute Gasteiger partial charge is 0.297 e. The van der Waals surface area contributed by atoms with Gasteiger partial charge in [0.1, 0.15) is 0 Å². The Morgan fingerprint density at radius 1 is 1.20 bits per heavy atom. The van der Waals surface area contributed by atoms with E-state index in [-0.39, 0.29) is 0 Å². The summed E-state index contributed by atoms with van der Waals surface area (Å²) in [6.45, 7) is 15.5. The molecule has 1 saturated heterocycles. The van der Waals surface area contributed by atoms with Crippen LogP contribution < -0.4 is 0 Å². The Morgan fingerprint density at radius 2 is 1.93 bits per heavy atom. The van der Waals surface area contributed by atoms with Crippen molar-refractivity contribution in [3.63, 3.8) is 0 Å². The fraction of sp³-hybridized carbons (Fsp3) is 0.692. The molecule has 0 aromatic carbocycles. The van der Waals surface area contributed by atoms with Crippen molar-refractivity contribution in [3.05, 3.63) is 25.3 Å². The molecule has 0 N–H and O–H groups in total. The molecule has 0 spiro atoms. The van der Waals surface area contributed by atoms with E-state index in [9.17, 15) is 0 Å². The van der Waals surface area contributed by atoms with Crippen LogP contribution in [0.3, 0.4) is 0 Å². The van der Waals surface area contributed by atoms with Crippen LogP contribution in [0.2, 0.25) is 0 Å². The predicted octanol–water partition coefficient (Wildman–Crippen LogP) is 2.14. The van der Waals surface area contributed by atoms with Crippen molar-refractivity contribution in [2.75, 3.05) is 32.7 Å². The summed E-state index contributed by atoms with van der Waals surface area (Å²) in [5.41, 5.74) is 0. The molecule has 1 aliphatic rings. The molecule has 86 valence electrons. The third-order valence-corrected chi connectivity index (χ3v) is 3.06. The van der Waals surface area contributed by atoms with Crippen molar-refractivity contribution in [2.24, 2.45) is 0 Å². The molecule has 0 saturated carbocycles. The van der Waals surface area contributed by atoms with E-state index in [2.05, 4.69) is 29.9 Å². The fourth-order valence-corrected chi connectivity index (χ4v) is 2.32. The molecular weight excluding hydrogens is 184 g/mol. The summed E-state index contributed by atoms with van der Waals surface area (Å²) < 4.78 is 0. The summed E-state index contributed by atoms with van der Waals surface area (Å²) >= 11 is 0. The molecule has 1 unspecified atom stereocenters. The van der Waals surface area contributed by atoms with Crippen LogP contribution in [0, 0.1) is 0 Å². The van der Waals surface area contributed by atoms with Crippen molar-refractivity contribution in [3.8, 4) is 0 Å². The van der Waals surface area contributed by atoms with E-state index in [0.717, 1.165) is 13.1 Å².